The van der Waals surface area contributed by atoms with E-state index in [9.17, 15) is 18.3 Å². The second kappa shape index (κ2) is 15.9. The number of sulfonamides is 1. The summed E-state index contributed by atoms with van der Waals surface area (Å²) >= 11 is 3.47. The van der Waals surface area contributed by atoms with Crippen LogP contribution in [0, 0.1) is 11.3 Å². The lowest BCUT2D eigenvalue weighted by Crippen LogP contribution is -2.52. The smallest absolute Gasteiger partial charge is 0.407 e. The van der Waals surface area contributed by atoms with E-state index >= 15 is 0 Å². The fourth-order valence-electron chi connectivity index (χ4n) is 5.76. The van der Waals surface area contributed by atoms with E-state index in [-0.39, 0.29) is 48.6 Å². The lowest BCUT2D eigenvalue weighted by atomic mass is 9.87. The third-order valence-electron chi connectivity index (χ3n) is 8.24. The second-order valence-electron chi connectivity index (χ2n) is 12.3. The average molecular weight is 698 g/mol. The molecule has 2 N–H and O–H groups in total. The Balaban J connectivity index is 1.55. The molecule has 10 nitrogen and oxygen atoms in total. The van der Waals surface area contributed by atoms with Crippen LogP contribution in [0.3, 0.4) is 0 Å². The van der Waals surface area contributed by atoms with Crippen molar-refractivity contribution >= 4 is 32.0 Å². The van der Waals surface area contributed by atoms with Crippen LogP contribution >= 0.6 is 15.9 Å². The van der Waals surface area contributed by atoms with Crippen LogP contribution in [0.5, 0.6) is 5.75 Å². The van der Waals surface area contributed by atoms with Crippen LogP contribution in [0.1, 0.15) is 45.1 Å². The fourth-order valence-corrected chi connectivity index (χ4v) is 7.80. The highest BCUT2D eigenvalue weighted by Crippen LogP contribution is 2.33. The molecule has 2 aromatic carbocycles. The number of alkyl carbamates (subject to hydrolysis) is 1. The van der Waals surface area contributed by atoms with Gasteiger partial charge in [-0.3, -0.25) is 0 Å². The van der Waals surface area contributed by atoms with Crippen molar-refractivity contribution in [3.05, 3.63) is 60.2 Å². The minimum absolute atomic E-state index is 0.0323. The Morgan fingerprint density at radius 2 is 1.86 bits per heavy atom. The number of nitrogens with one attached hydrogen (secondary N) is 1. The predicted octanol–water partition coefficient (Wildman–Crippen LogP) is 4.74. The Hall–Kier alpha value is -2.22. The Morgan fingerprint density at radius 3 is 2.55 bits per heavy atom. The zero-order valence-corrected chi connectivity index (χ0v) is 28.1. The normalized spacial score (nSPS) is 21.5. The minimum Gasteiger partial charge on any atom is -0.497 e. The molecule has 2 heterocycles. The molecule has 0 aliphatic carbocycles. The maximum absolute atomic E-state index is 14.0. The molecule has 2 aromatic rings. The summed E-state index contributed by atoms with van der Waals surface area (Å²) in [4.78, 5) is 13.2. The number of nitrogens with zero attached hydrogens (tertiary/aromatic N) is 1. The fraction of sp³-hybridized carbons (Fsp3) is 0.594. The quantitative estimate of drug-likeness (QED) is 0.191. The second-order valence-corrected chi connectivity index (χ2v) is 15.0. The van der Waals surface area contributed by atoms with Crippen LogP contribution in [0.25, 0.3) is 0 Å². The number of amides is 1. The van der Waals surface area contributed by atoms with Crippen molar-refractivity contribution in [3.63, 3.8) is 0 Å². The van der Waals surface area contributed by atoms with E-state index in [0.29, 0.717) is 12.4 Å². The summed E-state index contributed by atoms with van der Waals surface area (Å²) in [5.74, 6) is 0.509. The van der Waals surface area contributed by atoms with Gasteiger partial charge in [0.25, 0.3) is 0 Å². The van der Waals surface area contributed by atoms with Gasteiger partial charge in [-0.05, 0) is 60.9 Å². The van der Waals surface area contributed by atoms with Crippen molar-refractivity contribution in [2.45, 2.75) is 75.4 Å². The van der Waals surface area contributed by atoms with Gasteiger partial charge in [-0.15, -0.1) is 0 Å². The summed E-state index contributed by atoms with van der Waals surface area (Å²) in [6, 6.07) is 14.8. The maximum Gasteiger partial charge on any atom is 0.407 e. The lowest BCUT2D eigenvalue weighted by Gasteiger charge is -2.35. The van der Waals surface area contributed by atoms with Crippen LogP contribution < -0.4 is 10.1 Å². The van der Waals surface area contributed by atoms with E-state index < -0.39 is 34.4 Å². The standard InChI is InChI=1S/C32H45BrN2O8S/c1-32(2,16-7-8-17-33)22-35(44(38,39)25-13-11-24(40-3)12-14-25)20-28(36)27(19-23-9-5-4-6-10-23)34-31(37)43-29-21-42-30-26(29)15-18-41-30/h4-6,9-14,26-30,36H,7-8,15-22H2,1-3H3,(H,34,37). The number of carbonyl (C=O) groups excluding carboxylic acids is 1. The van der Waals surface area contributed by atoms with Crippen molar-refractivity contribution in [2.24, 2.45) is 11.3 Å². The van der Waals surface area contributed by atoms with Gasteiger partial charge in [0.1, 0.15) is 11.9 Å². The first-order valence-electron chi connectivity index (χ1n) is 15.1. The molecule has 12 heteroatoms. The first-order valence-corrected chi connectivity index (χ1v) is 17.7. The highest BCUT2D eigenvalue weighted by Gasteiger charge is 2.44. The van der Waals surface area contributed by atoms with Crippen molar-refractivity contribution in [2.75, 3.05) is 38.7 Å². The summed E-state index contributed by atoms with van der Waals surface area (Å²) in [6.45, 7) is 4.82. The monoisotopic (exact) mass is 696 g/mol. The highest BCUT2D eigenvalue weighted by atomic mass is 79.9. The van der Waals surface area contributed by atoms with Gasteiger partial charge >= 0.3 is 6.09 Å². The molecule has 44 heavy (non-hydrogen) atoms. The Kier molecular flexibility index (Phi) is 12.5. The van der Waals surface area contributed by atoms with Gasteiger partial charge in [-0.1, -0.05) is 66.5 Å². The molecule has 2 aliphatic heterocycles. The Morgan fingerprint density at radius 1 is 1.14 bits per heavy atom. The number of aliphatic hydroxyl groups is 1. The number of hydrogen-bond donors (Lipinski definition) is 2. The molecule has 0 radical (unpaired) electrons. The Bertz CT molecular complexity index is 1300. The van der Waals surface area contributed by atoms with E-state index in [1.807, 2.05) is 44.2 Å². The van der Waals surface area contributed by atoms with Gasteiger partial charge in [0.05, 0.1) is 43.3 Å². The van der Waals surface area contributed by atoms with Crippen molar-refractivity contribution in [1.82, 2.24) is 9.62 Å². The molecule has 244 valence electrons. The van der Waals surface area contributed by atoms with Gasteiger partial charge in [-0.2, -0.15) is 4.31 Å². The van der Waals surface area contributed by atoms with Crippen LogP contribution in [0.15, 0.2) is 59.5 Å². The van der Waals surface area contributed by atoms with Gasteiger partial charge in [-0.25, -0.2) is 13.2 Å². The number of unbranched alkanes of at least 4 members (excludes halogenated alkanes) is 1. The molecule has 0 saturated carbocycles. The van der Waals surface area contributed by atoms with E-state index in [1.54, 1.807) is 12.1 Å². The van der Waals surface area contributed by atoms with Gasteiger partial charge in [0, 0.05) is 18.4 Å². The zero-order chi connectivity index (χ0) is 31.7. The molecule has 1 amide bonds. The zero-order valence-electron chi connectivity index (χ0n) is 25.7. The Labute approximate surface area is 269 Å². The van der Waals surface area contributed by atoms with Crippen LogP contribution in [0.4, 0.5) is 4.79 Å². The number of benzene rings is 2. The van der Waals surface area contributed by atoms with Gasteiger partial charge in [0.2, 0.25) is 10.0 Å². The summed E-state index contributed by atoms with van der Waals surface area (Å²) in [5.41, 5.74) is 0.510. The van der Waals surface area contributed by atoms with E-state index in [0.717, 1.165) is 36.6 Å². The largest absolute Gasteiger partial charge is 0.497 e. The molecule has 2 fully saturated rings. The number of carbonyl (C=O) groups is 1. The summed E-state index contributed by atoms with van der Waals surface area (Å²) in [5, 5.41) is 15.4. The number of halogens is 1. The molecule has 2 aliphatic rings. The van der Waals surface area contributed by atoms with Crippen LogP contribution in [0.2, 0.25) is 0 Å². The summed E-state index contributed by atoms with van der Waals surface area (Å²) in [6.07, 6.45) is 0.971. The number of alkyl halides is 1. The topological polar surface area (TPSA) is 124 Å². The number of rotatable bonds is 16. The van der Waals surface area contributed by atoms with Gasteiger partial charge in [0.15, 0.2) is 6.29 Å². The van der Waals surface area contributed by atoms with Crippen LogP contribution in [-0.4, -0.2) is 87.2 Å². The number of fused-ring (bicyclic) bond motifs is 1. The lowest BCUT2D eigenvalue weighted by molar-refractivity contribution is -0.0907. The first-order chi connectivity index (χ1) is 21.0. The van der Waals surface area contributed by atoms with Crippen molar-refractivity contribution in [1.29, 1.82) is 0 Å². The molecule has 4 rings (SSSR count). The molecule has 5 atom stereocenters. The minimum atomic E-state index is -4.01. The molecule has 0 bridgehead atoms. The van der Waals surface area contributed by atoms with Gasteiger partial charge < -0.3 is 29.4 Å². The molecule has 2 saturated heterocycles. The van der Waals surface area contributed by atoms with Crippen molar-refractivity contribution in [3.8, 4) is 5.75 Å². The van der Waals surface area contributed by atoms with Crippen LogP contribution in [-0.2, 0) is 30.7 Å². The predicted molar refractivity (Wildman–Crippen MR) is 170 cm³/mol. The van der Waals surface area contributed by atoms with E-state index in [4.69, 9.17) is 18.9 Å². The molecular formula is C32H45BrN2O8S. The van der Waals surface area contributed by atoms with Crippen molar-refractivity contribution < 1.29 is 37.3 Å². The molecular weight excluding hydrogens is 652 g/mol. The number of ether oxygens (including phenoxy) is 4. The third-order valence-corrected chi connectivity index (χ3v) is 10.6. The highest BCUT2D eigenvalue weighted by molar-refractivity contribution is 9.09. The number of aliphatic hydroxyl groups excluding tert-OH is 1. The average Bonchev–Trinajstić information content (AvgIpc) is 3.62. The molecule has 5 unspecified atom stereocenters. The van der Waals surface area contributed by atoms with E-state index in [1.165, 1.54) is 23.5 Å². The molecule has 0 aromatic heterocycles. The summed E-state index contributed by atoms with van der Waals surface area (Å²) in [7, 11) is -2.49. The first kappa shape index (κ1) is 34.6. The van der Waals surface area contributed by atoms with E-state index in [2.05, 4.69) is 21.2 Å². The maximum atomic E-state index is 14.0. The number of hydrogen-bond acceptors (Lipinski definition) is 8. The SMILES string of the molecule is COc1ccc(S(=O)(=O)N(CC(O)C(Cc2ccccc2)NC(=O)OC2COC3OCCC23)CC(C)(C)CCCCBr)cc1. The summed E-state index contributed by atoms with van der Waals surface area (Å²) < 4.78 is 51.5. The number of methoxy groups -OCH3 is 1. The molecule has 0 spiro atoms. The third kappa shape index (κ3) is 9.40.